The van der Waals surface area contributed by atoms with E-state index in [1.165, 1.54) is 29.6 Å². The summed E-state index contributed by atoms with van der Waals surface area (Å²) in [5, 5.41) is 6.08. The van der Waals surface area contributed by atoms with Gasteiger partial charge in [-0.2, -0.15) is 17.5 Å². The largest absolute Gasteiger partial charge is 0.397 e. The standard InChI is InChI=1S/C24H26F4N6OS2/c1-2-17-18(32-22-29-13-30-37-22)9-19(34-11-23(25,12-34)14-3-4-14)33-21(17)36-16-7-5-15(6-8-16)31-20(35)10-24(26,27)28/h5-9,13-14,17,21H,2-4,10-12H2,1H3,(H,31,35)(H,29,30,32). The zero-order valence-electron chi connectivity index (χ0n) is 20.0. The third-order valence-corrected chi connectivity index (χ3v) is 8.44. The predicted octanol–water partition coefficient (Wildman–Crippen LogP) is 5.72. The fraction of sp³-hybridized carbons (Fsp3) is 0.500. The number of thioether (sulfide) groups is 1. The van der Waals surface area contributed by atoms with Crippen molar-refractivity contribution in [3.8, 4) is 0 Å². The van der Waals surface area contributed by atoms with Crippen LogP contribution in [-0.4, -0.2) is 56.3 Å². The summed E-state index contributed by atoms with van der Waals surface area (Å²) in [6.45, 7) is 2.73. The lowest BCUT2D eigenvalue weighted by atomic mass is 9.89. The molecule has 198 valence electrons. The molecule has 3 aliphatic rings. The number of nitrogens with zero attached hydrogens (tertiary/aromatic N) is 4. The number of alkyl halides is 4. The number of carbonyl (C=O) groups is 1. The lowest BCUT2D eigenvalue weighted by Gasteiger charge is -2.47. The monoisotopic (exact) mass is 554 g/mol. The molecule has 37 heavy (non-hydrogen) atoms. The van der Waals surface area contributed by atoms with Gasteiger partial charge in [0.05, 0.1) is 13.1 Å². The molecule has 1 aliphatic carbocycles. The van der Waals surface area contributed by atoms with Gasteiger partial charge >= 0.3 is 6.18 Å². The average molecular weight is 555 g/mol. The van der Waals surface area contributed by atoms with Crippen molar-refractivity contribution in [2.45, 2.75) is 54.7 Å². The summed E-state index contributed by atoms with van der Waals surface area (Å²) in [7, 11) is 0. The van der Waals surface area contributed by atoms with E-state index in [4.69, 9.17) is 4.99 Å². The van der Waals surface area contributed by atoms with Crippen molar-refractivity contribution >= 4 is 45.9 Å². The summed E-state index contributed by atoms with van der Waals surface area (Å²) in [5.74, 6) is -0.217. The van der Waals surface area contributed by atoms with Gasteiger partial charge in [0.2, 0.25) is 11.0 Å². The Morgan fingerprint density at radius 2 is 1.97 bits per heavy atom. The van der Waals surface area contributed by atoms with Gasteiger partial charge in [0, 0.05) is 39.8 Å². The van der Waals surface area contributed by atoms with Gasteiger partial charge in [-0.25, -0.2) is 9.37 Å². The van der Waals surface area contributed by atoms with Crippen molar-refractivity contribution in [1.29, 1.82) is 0 Å². The first-order valence-corrected chi connectivity index (χ1v) is 13.7. The molecule has 7 nitrogen and oxygen atoms in total. The van der Waals surface area contributed by atoms with Gasteiger partial charge in [0.15, 0.2) is 0 Å². The molecule has 5 rings (SSSR count). The Balaban J connectivity index is 1.31. The highest BCUT2D eigenvalue weighted by molar-refractivity contribution is 8.00. The summed E-state index contributed by atoms with van der Waals surface area (Å²) in [4.78, 5) is 23.6. The molecule has 1 aromatic heterocycles. The molecule has 2 N–H and O–H groups in total. The Morgan fingerprint density at radius 1 is 1.24 bits per heavy atom. The van der Waals surface area contributed by atoms with Crippen LogP contribution in [0.4, 0.5) is 28.4 Å². The highest BCUT2D eigenvalue weighted by Gasteiger charge is 2.55. The van der Waals surface area contributed by atoms with E-state index in [1.54, 1.807) is 24.3 Å². The molecular formula is C24H26F4N6OS2. The minimum absolute atomic E-state index is 0.0173. The maximum atomic E-state index is 15.1. The second-order valence-corrected chi connectivity index (χ2v) is 11.5. The molecule has 2 fully saturated rings. The normalized spacial score (nSPS) is 23.1. The smallest absolute Gasteiger partial charge is 0.350 e. The van der Waals surface area contributed by atoms with E-state index in [0.717, 1.165) is 35.7 Å². The van der Waals surface area contributed by atoms with Crippen molar-refractivity contribution < 1.29 is 22.4 Å². The van der Waals surface area contributed by atoms with E-state index in [-0.39, 0.29) is 22.9 Å². The highest BCUT2D eigenvalue weighted by atomic mass is 32.2. The number of hydrogen-bond donors (Lipinski definition) is 2. The van der Waals surface area contributed by atoms with E-state index in [0.29, 0.717) is 18.2 Å². The topological polar surface area (TPSA) is 82.5 Å². The van der Waals surface area contributed by atoms with Crippen LogP contribution in [0.2, 0.25) is 0 Å². The first kappa shape index (κ1) is 26.0. The van der Waals surface area contributed by atoms with Crippen LogP contribution in [0.1, 0.15) is 32.6 Å². The van der Waals surface area contributed by atoms with Crippen molar-refractivity contribution in [2.24, 2.45) is 16.8 Å². The number of amides is 1. The summed E-state index contributed by atoms with van der Waals surface area (Å²) in [6.07, 6.45) is 0.0341. The van der Waals surface area contributed by atoms with Crippen LogP contribution in [0.5, 0.6) is 0 Å². The van der Waals surface area contributed by atoms with Crippen LogP contribution in [0, 0.1) is 11.8 Å². The van der Waals surface area contributed by atoms with Crippen molar-refractivity contribution in [1.82, 2.24) is 14.3 Å². The molecule has 1 saturated heterocycles. The molecule has 2 aliphatic heterocycles. The second kappa shape index (κ2) is 10.2. The van der Waals surface area contributed by atoms with Crippen molar-refractivity contribution in [3.63, 3.8) is 0 Å². The molecule has 2 aromatic rings. The number of aliphatic imine (C=N–C) groups is 1. The number of hydrogen-bond acceptors (Lipinski definition) is 8. The number of halogens is 4. The molecular weight excluding hydrogens is 528 g/mol. The molecule has 13 heteroatoms. The number of carbonyl (C=O) groups excluding carboxylic acids is 1. The first-order valence-electron chi connectivity index (χ1n) is 12.0. The van der Waals surface area contributed by atoms with Gasteiger partial charge in [-0.1, -0.05) is 18.7 Å². The molecule has 1 amide bonds. The van der Waals surface area contributed by atoms with Gasteiger partial charge in [0.1, 0.15) is 29.6 Å². The van der Waals surface area contributed by atoms with Crippen LogP contribution in [0.15, 0.2) is 52.3 Å². The second-order valence-electron chi connectivity index (χ2n) is 9.51. The fourth-order valence-corrected chi connectivity index (χ4v) is 6.28. The number of likely N-dealkylation sites (tertiary alicyclic amines) is 1. The zero-order valence-corrected chi connectivity index (χ0v) is 21.6. The molecule has 0 radical (unpaired) electrons. The fourth-order valence-electron chi connectivity index (χ4n) is 4.59. The lowest BCUT2D eigenvalue weighted by Crippen LogP contribution is -2.62. The number of nitrogens with one attached hydrogen (secondary N) is 2. The van der Waals surface area contributed by atoms with Gasteiger partial charge in [-0.05, 0) is 49.4 Å². The predicted molar refractivity (Wildman–Crippen MR) is 136 cm³/mol. The number of rotatable bonds is 8. The highest BCUT2D eigenvalue weighted by Crippen LogP contribution is 2.48. The quantitative estimate of drug-likeness (QED) is 0.407. The Hall–Kier alpha value is -2.67. The SMILES string of the molecule is CCC1C(Nc2ncns2)=CC(N2CC(F)(C3CC3)C2)=NC1Sc1ccc(NC(=O)CC(F)(F)F)cc1. The van der Waals surface area contributed by atoms with Crippen LogP contribution >= 0.6 is 23.3 Å². The number of benzene rings is 1. The molecule has 2 atom stereocenters. The Kier molecular flexibility index (Phi) is 7.18. The minimum Gasteiger partial charge on any atom is -0.350 e. The van der Waals surface area contributed by atoms with Gasteiger partial charge in [0.25, 0.3) is 0 Å². The molecule has 0 spiro atoms. The molecule has 2 unspecified atom stereocenters. The third-order valence-electron chi connectivity index (χ3n) is 6.64. The summed E-state index contributed by atoms with van der Waals surface area (Å²) < 4.78 is 56.4. The van der Waals surface area contributed by atoms with Crippen molar-refractivity contribution in [2.75, 3.05) is 23.7 Å². The van der Waals surface area contributed by atoms with Crippen LogP contribution < -0.4 is 10.6 Å². The van der Waals surface area contributed by atoms with Crippen LogP contribution in [0.3, 0.4) is 0 Å². The average Bonchev–Trinajstić information content (AvgIpc) is 3.54. The molecule has 1 saturated carbocycles. The Labute approximate surface area is 220 Å². The van der Waals surface area contributed by atoms with E-state index in [9.17, 15) is 18.0 Å². The Morgan fingerprint density at radius 3 is 2.57 bits per heavy atom. The number of amidine groups is 1. The third kappa shape index (κ3) is 6.25. The van der Waals surface area contributed by atoms with Crippen LogP contribution in [0.25, 0.3) is 0 Å². The van der Waals surface area contributed by atoms with E-state index in [1.807, 2.05) is 11.0 Å². The molecule has 1 aromatic carbocycles. The molecule has 0 bridgehead atoms. The first-order chi connectivity index (χ1) is 17.6. The van der Waals surface area contributed by atoms with E-state index < -0.39 is 24.2 Å². The van der Waals surface area contributed by atoms with Gasteiger partial charge in [-0.3, -0.25) is 9.79 Å². The number of anilines is 2. The zero-order chi connectivity index (χ0) is 26.2. The molecule has 3 heterocycles. The lowest BCUT2D eigenvalue weighted by molar-refractivity contribution is -0.150. The number of dihydropyridines is 1. The minimum atomic E-state index is -4.56. The van der Waals surface area contributed by atoms with E-state index in [2.05, 4.69) is 26.9 Å². The maximum absolute atomic E-state index is 15.1. The van der Waals surface area contributed by atoms with Gasteiger partial charge in [-0.15, -0.1) is 0 Å². The summed E-state index contributed by atoms with van der Waals surface area (Å²) >= 11 is 2.76. The van der Waals surface area contributed by atoms with E-state index >= 15 is 4.39 Å². The number of aromatic nitrogens is 2. The summed E-state index contributed by atoms with van der Waals surface area (Å²) in [6, 6.07) is 6.64. The maximum Gasteiger partial charge on any atom is 0.397 e. The van der Waals surface area contributed by atoms with Crippen molar-refractivity contribution in [3.05, 3.63) is 42.4 Å². The summed E-state index contributed by atoms with van der Waals surface area (Å²) in [5.41, 5.74) is 0.0808. The van der Waals surface area contributed by atoms with Gasteiger partial charge < -0.3 is 15.5 Å². The van der Waals surface area contributed by atoms with Crippen LogP contribution in [-0.2, 0) is 4.79 Å². The Bertz CT molecular complexity index is 1170.